The molecule has 0 fully saturated rings. The van der Waals surface area contributed by atoms with Crippen LogP contribution in [0.25, 0.3) is 0 Å². The maximum atomic E-state index is 10.3. The Balaban J connectivity index is 2.40. The first-order valence-electron chi connectivity index (χ1n) is 3.44. The van der Waals surface area contributed by atoms with Crippen LogP contribution in [0.15, 0.2) is 4.99 Å². The number of hydrogen-bond acceptors (Lipinski definition) is 4. The molecule has 1 aliphatic rings. The molecule has 62 valence electrons. The predicted octanol–water partition coefficient (Wildman–Crippen LogP) is -0.528. The molecule has 1 aliphatic heterocycles. The molecule has 0 aromatic heterocycles. The molecule has 1 heterocycles. The number of carbonyl (C=O) groups is 1. The molecule has 5 nitrogen and oxygen atoms in total. The number of carbonyl (C=O) groups excluding carboxylic acids is 1. The maximum Gasteiger partial charge on any atom is 0.405 e. The summed E-state index contributed by atoms with van der Waals surface area (Å²) in [4.78, 5) is 14.3. The first-order chi connectivity index (χ1) is 5.20. The molecule has 11 heavy (non-hydrogen) atoms. The Kier molecular flexibility index (Phi) is 2.30. The Labute approximate surface area is 64.6 Å². The van der Waals surface area contributed by atoms with Gasteiger partial charge in [-0.2, -0.15) is 0 Å². The molecule has 0 aromatic rings. The summed E-state index contributed by atoms with van der Waals surface area (Å²) in [6.45, 7) is 3.27. The second-order valence-corrected chi connectivity index (χ2v) is 2.27. The molecule has 0 aliphatic carbocycles. The largest absolute Gasteiger partial charge is 0.439 e. The van der Waals surface area contributed by atoms with Gasteiger partial charge in [0.1, 0.15) is 5.84 Å². The average molecular weight is 157 g/mol. The van der Waals surface area contributed by atoms with Gasteiger partial charge in [0.15, 0.2) is 6.10 Å². The van der Waals surface area contributed by atoms with Crippen molar-refractivity contribution in [2.45, 2.75) is 13.0 Å². The molecule has 1 rings (SSSR count). The quantitative estimate of drug-likeness (QED) is 0.565. The van der Waals surface area contributed by atoms with E-state index < -0.39 is 6.09 Å². The summed E-state index contributed by atoms with van der Waals surface area (Å²) in [6, 6.07) is 0. The number of amides is 1. The summed E-state index contributed by atoms with van der Waals surface area (Å²) in [7, 11) is 0. The fraction of sp³-hybridized carbons (Fsp3) is 0.667. The highest BCUT2D eigenvalue weighted by Gasteiger charge is 2.15. The Morgan fingerprint density at radius 2 is 2.64 bits per heavy atom. The summed E-state index contributed by atoms with van der Waals surface area (Å²) >= 11 is 0. The van der Waals surface area contributed by atoms with Crippen LogP contribution in [0.5, 0.6) is 0 Å². The molecule has 1 amide bonds. The van der Waals surface area contributed by atoms with Crippen molar-refractivity contribution in [1.82, 2.24) is 5.32 Å². The minimum Gasteiger partial charge on any atom is -0.439 e. The van der Waals surface area contributed by atoms with Gasteiger partial charge in [-0.15, -0.1) is 0 Å². The normalized spacial score (nSPS) is 18.5. The van der Waals surface area contributed by atoms with E-state index in [1.54, 1.807) is 6.92 Å². The molecule has 3 N–H and O–H groups in total. The topological polar surface area (TPSA) is 76.7 Å². The zero-order valence-corrected chi connectivity index (χ0v) is 6.33. The summed E-state index contributed by atoms with van der Waals surface area (Å²) < 4.78 is 4.68. The van der Waals surface area contributed by atoms with E-state index in [9.17, 15) is 4.79 Å². The number of aliphatic imine (C=N–C) groups is 1. The van der Waals surface area contributed by atoms with Crippen molar-refractivity contribution in [2.75, 3.05) is 13.1 Å². The van der Waals surface area contributed by atoms with E-state index in [0.717, 1.165) is 13.1 Å². The Hall–Kier alpha value is -1.26. The van der Waals surface area contributed by atoms with Crippen LogP contribution in [0.2, 0.25) is 0 Å². The monoisotopic (exact) mass is 157 g/mol. The van der Waals surface area contributed by atoms with Crippen molar-refractivity contribution in [2.24, 2.45) is 10.7 Å². The third-order valence-corrected chi connectivity index (χ3v) is 1.38. The van der Waals surface area contributed by atoms with Crippen molar-refractivity contribution in [3.8, 4) is 0 Å². The van der Waals surface area contributed by atoms with E-state index in [2.05, 4.69) is 15.0 Å². The van der Waals surface area contributed by atoms with Gasteiger partial charge in [-0.25, -0.2) is 4.79 Å². The zero-order chi connectivity index (χ0) is 8.27. The SMILES string of the molecule is CC(OC(N)=O)C1=NCCN1. The third-order valence-electron chi connectivity index (χ3n) is 1.38. The van der Waals surface area contributed by atoms with E-state index in [1.807, 2.05) is 0 Å². The summed E-state index contributed by atoms with van der Waals surface area (Å²) in [5.74, 6) is 0.698. The number of nitrogens with zero attached hydrogens (tertiary/aromatic N) is 1. The summed E-state index contributed by atoms with van der Waals surface area (Å²) in [5.41, 5.74) is 4.82. The van der Waals surface area contributed by atoms with Gasteiger partial charge in [0.25, 0.3) is 0 Å². The van der Waals surface area contributed by atoms with Crippen molar-refractivity contribution in [1.29, 1.82) is 0 Å². The second-order valence-electron chi connectivity index (χ2n) is 2.27. The molecule has 0 spiro atoms. The predicted molar refractivity (Wildman–Crippen MR) is 40.4 cm³/mol. The Morgan fingerprint density at radius 1 is 1.91 bits per heavy atom. The molecule has 0 saturated heterocycles. The van der Waals surface area contributed by atoms with Gasteiger partial charge in [-0.05, 0) is 6.92 Å². The van der Waals surface area contributed by atoms with Crippen molar-refractivity contribution in [3.05, 3.63) is 0 Å². The van der Waals surface area contributed by atoms with Gasteiger partial charge in [0, 0.05) is 6.54 Å². The van der Waals surface area contributed by atoms with E-state index in [1.165, 1.54) is 0 Å². The van der Waals surface area contributed by atoms with Gasteiger partial charge in [0.2, 0.25) is 0 Å². The number of nitrogens with two attached hydrogens (primary N) is 1. The van der Waals surface area contributed by atoms with Crippen LogP contribution < -0.4 is 11.1 Å². The van der Waals surface area contributed by atoms with E-state index in [-0.39, 0.29) is 6.10 Å². The van der Waals surface area contributed by atoms with Crippen LogP contribution in [0.1, 0.15) is 6.92 Å². The molecule has 0 aromatic carbocycles. The molecule has 0 bridgehead atoms. The highest BCUT2D eigenvalue weighted by molar-refractivity contribution is 5.89. The van der Waals surface area contributed by atoms with Gasteiger partial charge >= 0.3 is 6.09 Å². The van der Waals surface area contributed by atoms with Crippen molar-refractivity contribution >= 4 is 11.9 Å². The first-order valence-corrected chi connectivity index (χ1v) is 3.44. The Bertz CT molecular complexity index is 190. The van der Waals surface area contributed by atoms with Gasteiger partial charge in [0.05, 0.1) is 6.54 Å². The molecular weight excluding hydrogens is 146 g/mol. The minimum atomic E-state index is -0.770. The highest BCUT2D eigenvalue weighted by Crippen LogP contribution is 1.96. The maximum absolute atomic E-state index is 10.3. The summed E-state index contributed by atoms with van der Waals surface area (Å²) in [5, 5.41) is 2.98. The van der Waals surface area contributed by atoms with Gasteiger partial charge < -0.3 is 15.8 Å². The molecule has 0 saturated carbocycles. The van der Waals surface area contributed by atoms with E-state index >= 15 is 0 Å². The van der Waals surface area contributed by atoms with Crippen molar-refractivity contribution in [3.63, 3.8) is 0 Å². The lowest BCUT2D eigenvalue weighted by atomic mass is 10.4. The number of nitrogens with one attached hydrogen (secondary N) is 1. The lowest BCUT2D eigenvalue weighted by Crippen LogP contribution is -2.34. The number of ether oxygens (including phenoxy) is 1. The lowest BCUT2D eigenvalue weighted by Gasteiger charge is -2.10. The second kappa shape index (κ2) is 3.23. The fourth-order valence-corrected chi connectivity index (χ4v) is 0.919. The van der Waals surface area contributed by atoms with E-state index in [0.29, 0.717) is 5.84 Å². The smallest absolute Gasteiger partial charge is 0.405 e. The number of primary amides is 1. The van der Waals surface area contributed by atoms with Crippen LogP contribution in [-0.4, -0.2) is 31.1 Å². The number of rotatable bonds is 2. The van der Waals surface area contributed by atoms with E-state index in [4.69, 9.17) is 5.73 Å². The molecule has 5 heteroatoms. The molecular formula is C6H11N3O2. The van der Waals surface area contributed by atoms with Gasteiger partial charge in [-0.1, -0.05) is 0 Å². The Morgan fingerprint density at radius 3 is 3.09 bits per heavy atom. The lowest BCUT2D eigenvalue weighted by molar-refractivity contribution is 0.143. The summed E-state index contributed by atoms with van der Waals surface area (Å²) in [6.07, 6.45) is -1.12. The molecule has 1 unspecified atom stereocenters. The first kappa shape index (κ1) is 7.84. The van der Waals surface area contributed by atoms with Crippen LogP contribution in [0, 0.1) is 0 Å². The van der Waals surface area contributed by atoms with Crippen molar-refractivity contribution < 1.29 is 9.53 Å². The number of hydrogen-bond donors (Lipinski definition) is 2. The minimum absolute atomic E-state index is 0.352. The molecule has 0 radical (unpaired) electrons. The van der Waals surface area contributed by atoms with Gasteiger partial charge in [-0.3, -0.25) is 4.99 Å². The standard InChI is InChI=1S/C6H11N3O2/c1-4(11-6(7)10)5-8-2-3-9-5/h4H,2-3H2,1H3,(H2,7,10)(H,8,9). The zero-order valence-electron chi connectivity index (χ0n) is 6.33. The number of amidine groups is 1. The van der Waals surface area contributed by atoms with Crippen LogP contribution in [-0.2, 0) is 4.74 Å². The molecule has 1 atom stereocenters. The van der Waals surface area contributed by atoms with Crippen LogP contribution in [0.4, 0.5) is 4.79 Å². The van der Waals surface area contributed by atoms with Crippen LogP contribution >= 0.6 is 0 Å². The highest BCUT2D eigenvalue weighted by atomic mass is 16.6. The van der Waals surface area contributed by atoms with Crippen LogP contribution in [0.3, 0.4) is 0 Å². The fourth-order valence-electron chi connectivity index (χ4n) is 0.919. The third kappa shape index (κ3) is 2.10. The average Bonchev–Trinajstić information content (AvgIpc) is 2.35.